The third-order valence-corrected chi connectivity index (χ3v) is 4.43. The predicted octanol–water partition coefficient (Wildman–Crippen LogP) is 4.26. The molecule has 0 aliphatic rings. The second-order valence-electron chi connectivity index (χ2n) is 6.43. The van der Waals surface area contributed by atoms with Crippen LogP contribution in [-0.2, 0) is 19.6 Å². The molecule has 0 radical (unpaired) electrons. The highest BCUT2D eigenvalue weighted by Gasteiger charge is 2.12. The van der Waals surface area contributed by atoms with Crippen molar-refractivity contribution in [3.05, 3.63) is 83.9 Å². The number of nitrogens with zero attached hydrogens (tertiary/aromatic N) is 3. The SMILES string of the molecule is COc1ccccc1CN(CCCn1ccnc1)Cc1ccc(F)c(F)c1. The predicted molar refractivity (Wildman–Crippen MR) is 100 cm³/mol. The van der Waals surface area contributed by atoms with Crippen LogP contribution in [0.15, 0.2) is 61.2 Å². The highest BCUT2D eigenvalue weighted by atomic mass is 19.2. The van der Waals surface area contributed by atoms with Gasteiger partial charge in [0.05, 0.1) is 13.4 Å². The fourth-order valence-electron chi connectivity index (χ4n) is 3.08. The van der Waals surface area contributed by atoms with Gasteiger partial charge in [-0.2, -0.15) is 0 Å². The topological polar surface area (TPSA) is 30.3 Å². The number of hydrogen-bond acceptors (Lipinski definition) is 3. The van der Waals surface area contributed by atoms with Crippen LogP contribution < -0.4 is 4.74 Å². The van der Waals surface area contributed by atoms with Crippen molar-refractivity contribution in [2.75, 3.05) is 13.7 Å². The number of para-hydroxylation sites is 1. The summed E-state index contributed by atoms with van der Waals surface area (Å²) in [7, 11) is 1.65. The summed E-state index contributed by atoms with van der Waals surface area (Å²) < 4.78 is 34.3. The number of ether oxygens (including phenoxy) is 1. The molecule has 0 fully saturated rings. The highest BCUT2D eigenvalue weighted by molar-refractivity contribution is 5.33. The first-order chi connectivity index (χ1) is 13.2. The molecule has 0 unspecified atom stereocenters. The summed E-state index contributed by atoms with van der Waals surface area (Å²) in [5, 5.41) is 0. The van der Waals surface area contributed by atoms with E-state index >= 15 is 0 Å². The van der Waals surface area contributed by atoms with Crippen LogP contribution in [0.1, 0.15) is 17.5 Å². The largest absolute Gasteiger partial charge is 0.496 e. The van der Waals surface area contributed by atoms with Crippen molar-refractivity contribution in [3.63, 3.8) is 0 Å². The van der Waals surface area contributed by atoms with E-state index in [1.807, 2.05) is 35.0 Å². The molecule has 0 bridgehead atoms. The van der Waals surface area contributed by atoms with Gasteiger partial charge in [0, 0.05) is 44.1 Å². The smallest absolute Gasteiger partial charge is 0.159 e. The summed E-state index contributed by atoms with van der Waals surface area (Å²) in [5.74, 6) is -0.819. The Labute approximate surface area is 158 Å². The van der Waals surface area contributed by atoms with Crippen LogP contribution in [-0.4, -0.2) is 28.1 Å². The summed E-state index contributed by atoms with van der Waals surface area (Å²) in [6.07, 6.45) is 6.39. The van der Waals surface area contributed by atoms with Crippen LogP contribution >= 0.6 is 0 Å². The number of benzene rings is 2. The molecule has 27 heavy (non-hydrogen) atoms. The van der Waals surface area contributed by atoms with Crippen LogP contribution in [0.4, 0.5) is 8.78 Å². The molecule has 0 N–H and O–H groups in total. The van der Waals surface area contributed by atoms with Crippen molar-refractivity contribution in [3.8, 4) is 5.75 Å². The van der Waals surface area contributed by atoms with Gasteiger partial charge in [0.1, 0.15) is 5.75 Å². The molecule has 0 saturated heterocycles. The van der Waals surface area contributed by atoms with Gasteiger partial charge in [0.2, 0.25) is 0 Å². The average Bonchev–Trinajstić information content (AvgIpc) is 3.18. The Morgan fingerprint density at radius 2 is 1.93 bits per heavy atom. The van der Waals surface area contributed by atoms with Gasteiger partial charge in [0.15, 0.2) is 11.6 Å². The van der Waals surface area contributed by atoms with Crippen LogP contribution in [0.2, 0.25) is 0 Å². The molecule has 3 rings (SSSR count). The first-order valence-corrected chi connectivity index (χ1v) is 8.89. The standard InChI is InChI=1S/C21H23F2N3O/c1-27-21-6-3-2-5-18(21)15-26(11-4-10-25-12-9-24-16-25)14-17-7-8-19(22)20(23)13-17/h2-3,5-9,12-13,16H,4,10-11,14-15H2,1H3. The fraction of sp³-hybridized carbons (Fsp3) is 0.286. The highest BCUT2D eigenvalue weighted by Crippen LogP contribution is 2.21. The zero-order valence-corrected chi connectivity index (χ0v) is 15.3. The molecule has 0 atom stereocenters. The zero-order valence-electron chi connectivity index (χ0n) is 15.3. The quantitative estimate of drug-likeness (QED) is 0.563. The molecule has 2 aromatic carbocycles. The lowest BCUT2D eigenvalue weighted by Gasteiger charge is -2.24. The molecular weight excluding hydrogens is 348 g/mol. The second-order valence-corrected chi connectivity index (χ2v) is 6.43. The Morgan fingerprint density at radius 1 is 1.07 bits per heavy atom. The van der Waals surface area contributed by atoms with Crippen LogP contribution in [0.25, 0.3) is 0 Å². The molecule has 0 amide bonds. The van der Waals surface area contributed by atoms with Gasteiger partial charge in [0.25, 0.3) is 0 Å². The van der Waals surface area contributed by atoms with Crippen LogP contribution in [0, 0.1) is 11.6 Å². The number of halogens is 2. The first-order valence-electron chi connectivity index (χ1n) is 8.89. The maximum absolute atomic E-state index is 13.6. The molecule has 6 heteroatoms. The van der Waals surface area contributed by atoms with Gasteiger partial charge in [-0.15, -0.1) is 0 Å². The van der Waals surface area contributed by atoms with E-state index in [9.17, 15) is 8.78 Å². The van der Waals surface area contributed by atoms with Crippen molar-refractivity contribution in [2.45, 2.75) is 26.1 Å². The molecule has 142 valence electrons. The van der Waals surface area contributed by atoms with Gasteiger partial charge >= 0.3 is 0 Å². The summed E-state index contributed by atoms with van der Waals surface area (Å²) in [6.45, 7) is 2.83. The lowest BCUT2D eigenvalue weighted by Crippen LogP contribution is -2.25. The van der Waals surface area contributed by atoms with E-state index in [2.05, 4.69) is 9.88 Å². The normalized spacial score (nSPS) is 11.1. The minimum Gasteiger partial charge on any atom is -0.496 e. The Kier molecular flexibility index (Phi) is 6.54. The van der Waals surface area contributed by atoms with E-state index in [0.717, 1.165) is 36.4 Å². The van der Waals surface area contributed by atoms with Gasteiger partial charge in [-0.3, -0.25) is 4.90 Å². The Bertz CT molecular complexity index is 852. The third kappa shape index (κ3) is 5.37. The van der Waals surface area contributed by atoms with Crippen LogP contribution in [0.5, 0.6) is 5.75 Å². The number of aromatic nitrogens is 2. The second kappa shape index (κ2) is 9.28. The molecule has 1 heterocycles. The number of methoxy groups -OCH3 is 1. The lowest BCUT2D eigenvalue weighted by atomic mass is 10.1. The van der Waals surface area contributed by atoms with Gasteiger partial charge in [-0.25, -0.2) is 13.8 Å². The molecule has 3 aromatic rings. The van der Waals surface area contributed by atoms with E-state index in [0.29, 0.717) is 13.1 Å². The minimum absolute atomic E-state index is 0.527. The monoisotopic (exact) mass is 371 g/mol. The van der Waals surface area contributed by atoms with Crippen molar-refractivity contribution in [1.82, 2.24) is 14.5 Å². The van der Waals surface area contributed by atoms with Crippen molar-refractivity contribution in [2.24, 2.45) is 0 Å². The maximum Gasteiger partial charge on any atom is 0.159 e. The molecule has 4 nitrogen and oxygen atoms in total. The van der Waals surface area contributed by atoms with Gasteiger partial charge in [-0.1, -0.05) is 24.3 Å². The number of imidazole rings is 1. The van der Waals surface area contributed by atoms with Crippen molar-refractivity contribution in [1.29, 1.82) is 0 Å². The zero-order chi connectivity index (χ0) is 19.1. The summed E-state index contributed by atoms with van der Waals surface area (Å²) >= 11 is 0. The fourth-order valence-corrected chi connectivity index (χ4v) is 3.08. The first kappa shape index (κ1) is 19.0. The van der Waals surface area contributed by atoms with Crippen molar-refractivity contribution >= 4 is 0 Å². The number of aryl methyl sites for hydroxylation is 1. The summed E-state index contributed by atoms with van der Waals surface area (Å²) in [6, 6.07) is 11.9. The Hall–Kier alpha value is -2.73. The lowest BCUT2D eigenvalue weighted by molar-refractivity contribution is 0.244. The third-order valence-electron chi connectivity index (χ3n) is 4.43. The molecular formula is C21H23F2N3O. The van der Waals surface area contributed by atoms with E-state index in [1.54, 1.807) is 25.7 Å². The number of hydrogen-bond donors (Lipinski definition) is 0. The molecule has 0 aliphatic heterocycles. The number of rotatable bonds is 9. The average molecular weight is 371 g/mol. The van der Waals surface area contributed by atoms with Gasteiger partial charge < -0.3 is 9.30 Å². The summed E-state index contributed by atoms with van der Waals surface area (Å²) in [4.78, 5) is 6.26. The molecule has 0 spiro atoms. The van der Waals surface area contributed by atoms with E-state index in [4.69, 9.17) is 4.74 Å². The summed E-state index contributed by atoms with van der Waals surface area (Å²) in [5.41, 5.74) is 1.80. The molecule has 0 aliphatic carbocycles. The Morgan fingerprint density at radius 3 is 2.67 bits per heavy atom. The molecule has 1 aromatic heterocycles. The van der Waals surface area contributed by atoms with Crippen LogP contribution in [0.3, 0.4) is 0 Å². The minimum atomic E-state index is -0.824. The van der Waals surface area contributed by atoms with E-state index in [-0.39, 0.29) is 0 Å². The van der Waals surface area contributed by atoms with E-state index in [1.165, 1.54) is 12.1 Å². The molecule has 0 saturated carbocycles. The Balaban J connectivity index is 1.71. The van der Waals surface area contributed by atoms with Gasteiger partial charge in [-0.05, 0) is 30.2 Å². The van der Waals surface area contributed by atoms with E-state index < -0.39 is 11.6 Å². The van der Waals surface area contributed by atoms with Crippen molar-refractivity contribution < 1.29 is 13.5 Å². The maximum atomic E-state index is 13.6.